The average molecular weight is 275 g/mol. The Bertz CT molecular complexity index is 583. The van der Waals surface area contributed by atoms with Crippen LogP contribution in [-0.4, -0.2) is 11.6 Å². The largest absolute Gasteiger partial charge is 0.493 e. The van der Waals surface area contributed by atoms with Crippen LogP contribution in [0.2, 0.25) is 5.02 Å². The van der Waals surface area contributed by atoms with E-state index in [1.54, 1.807) is 12.3 Å². The highest BCUT2D eigenvalue weighted by molar-refractivity contribution is 6.30. The molecule has 0 spiro atoms. The van der Waals surface area contributed by atoms with Gasteiger partial charge in [0.05, 0.1) is 23.4 Å². The number of hydrogen-bond acceptors (Lipinski definition) is 3. The normalized spacial score (nSPS) is 15.5. The van der Waals surface area contributed by atoms with Gasteiger partial charge in [-0.05, 0) is 30.5 Å². The smallest absolute Gasteiger partial charge is 0.127 e. The van der Waals surface area contributed by atoms with Gasteiger partial charge in [0.1, 0.15) is 5.75 Å². The van der Waals surface area contributed by atoms with Crippen molar-refractivity contribution in [1.29, 1.82) is 0 Å². The van der Waals surface area contributed by atoms with Crippen LogP contribution in [0.1, 0.15) is 29.3 Å². The van der Waals surface area contributed by atoms with E-state index in [-0.39, 0.29) is 6.04 Å². The van der Waals surface area contributed by atoms with Crippen molar-refractivity contribution in [3.8, 4) is 5.75 Å². The fraction of sp³-hybridized carbons (Fsp3) is 0.267. The fourth-order valence-electron chi connectivity index (χ4n) is 2.39. The third-order valence-electron chi connectivity index (χ3n) is 3.37. The predicted molar refractivity (Wildman–Crippen MR) is 75.5 cm³/mol. The SMILES string of the molecule is NC(c1ccc(Cl)cn1)c1cccc2c1OCCC2. The molecule has 1 aromatic carbocycles. The van der Waals surface area contributed by atoms with Crippen molar-refractivity contribution >= 4 is 11.6 Å². The number of hydrogen-bond donors (Lipinski definition) is 1. The number of nitrogens with two attached hydrogens (primary N) is 1. The first-order chi connectivity index (χ1) is 9.25. The molecule has 1 aliphatic rings. The Balaban J connectivity index is 1.99. The van der Waals surface area contributed by atoms with Crippen molar-refractivity contribution < 1.29 is 4.74 Å². The second-order valence-electron chi connectivity index (χ2n) is 4.67. The number of aryl methyl sites for hydroxylation is 1. The summed E-state index contributed by atoms with van der Waals surface area (Å²) in [6.45, 7) is 0.755. The molecule has 19 heavy (non-hydrogen) atoms. The van der Waals surface area contributed by atoms with Gasteiger partial charge in [-0.25, -0.2) is 0 Å². The van der Waals surface area contributed by atoms with Gasteiger partial charge in [-0.2, -0.15) is 0 Å². The first-order valence-corrected chi connectivity index (χ1v) is 6.75. The van der Waals surface area contributed by atoms with E-state index >= 15 is 0 Å². The van der Waals surface area contributed by atoms with Crippen molar-refractivity contribution in [2.75, 3.05) is 6.61 Å². The molecule has 3 nitrogen and oxygen atoms in total. The van der Waals surface area contributed by atoms with Gasteiger partial charge in [0, 0.05) is 11.8 Å². The van der Waals surface area contributed by atoms with Gasteiger partial charge < -0.3 is 10.5 Å². The highest BCUT2D eigenvalue weighted by Crippen LogP contribution is 2.34. The summed E-state index contributed by atoms with van der Waals surface area (Å²) in [5.74, 6) is 0.929. The number of ether oxygens (including phenoxy) is 1. The monoisotopic (exact) mass is 274 g/mol. The molecule has 0 bridgehead atoms. The Kier molecular flexibility index (Phi) is 3.40. The number of fused-ring (bicyclic) bond motifs is 1. The van der Waals surface area contributed by atoms with E-state index in [1.807, 2.05) is 18.2 Å². The van der Waals surface area contributed by atoms with E-state index < -0.39 is 0 Å². The molecule has 2 heterocycles. The lowest BCUT2D eigenvalue weighted by molar-refractivity contribution is 0.284. The summed E-state index contributed by atoms with van der Waals surface area (Å²) in [4.78, 5) is 4.29. The molecule has 0 saturated carbocycles. The minimum atomic E-state index is -0.287. The Morgan fingerprint density at radius 2 is 2.16 bits per heavy atom. The number of para-hydroxylation sites is 1. The molecule has 2 N–H and O–H groups in total. The lowest BCUT2D eigenvalue weighted by Gasteiger charge is -2.23. The fourth-order valence-corrected chi connectivity index (χ4v) is 2.50. The number of benzene rings is 1. The first kappa shape index (κ1) is 12.5. The molecule has 1 aromatic heterocycles. The predicted octanol–water partition coefficient (Wildman–Crippen LogP) is 3.11. The van der Waals surface area contributed by atoms with Crippen LogP contribution < -0.4 is 10.5 Å². The van der Waals surface area contributed by atoms with Crippen LogP contribution in [-0.2, 0) is 6.42 Å². The van der Waals surface area contributed by atoms with E-state index in [2.05, 4.69) is 11.1 Å². The maximum Gasteiger partial charge on any atom is 0.127 e. The molecule has 1 unspecified atom stereocenters. The molecular formula is C15H15ClN2O. The second kappa shape index (κ2) is 5.19. The zero-order chi connectivity index (χ0) is 13.2. The topological polar surface area (TPSA) is 48.1 Å². The van der Waals surface area contributed by atoms with Gasteiger partial charge in [0.2, 0.25) is 0 Å². The van der Waals surface area contributed by atoms with E-state index in [0.29, 0.717) is 5.02 Å². The van der Waals surface area contributed by atoms with E-state index in [1.165, 1.54) is 5.56 Å². The minimum Gasteiger partial charge on any atom is -0.493 e. The van der Waals surface area contributed by atoms with Crippen molar-refractivity contribution in [2.24, 2.45) is 5.73 Å². The molecule has 0 saturated heterocycles. The van der Waals surface area contributed by atoms with Crippen LogP contribution in [0, 0.1) is 0 Å². The zero-order valence-corrected chi connectivity index (χ0v) is 11.2. The summed E-state index contributed by atoms with van der Waals surface area (Å²) in [6.07, 6.45) is 3.72. The van der Waals surface area contributed by atoms with Crippen molar-refractivity contribution in [2.45, 2.75) is 18.9 Å². The Hall–Kier alpha value is -1.58. The molecule has 3 rings (SSSR count). The molecule has 1 atom stereocenters. The molecule has 98 valence electrons. The van der Waals surface area contributed by atoms with E-state index in [9.17, 15) is 0 Å². The zero-order valence-electron chi connectivity index (χ0n) is 10.5. The van der Waals surface area contributed by atoms with Crippen LogP contribution in [0.4, 0.5) is 0 Å². The van der Waals surface area contributed by atoms with E-state index in [4.69, 9.17) is 22.1 Å². The molecule has 4 heteroatoms. The summed E-state index contributed by atoms with van der Waals surface area (Å²) < 4.78 is 5.79. The third kappa shape index (κ3) is 2.44. The van der Waals surface area contributed by atoms with Gasteiger partial charge in [-0.15, -0.1) is 0 Å². The quantitative estimate of drug-likeness (QED) is 0.915. The van der Waals surface area contributed by atoms with Crippen LogP contribution in [0.5, 0.6) is 5.75 Å². The van der Waals surface area contributed by atoms with Crippen LogP contribution in [0.15, 0.2) is 36.5 Å². The Morgan fingerprint density at radius 1 is 1.26 bits per heavy atom. The summed E-state index contributed by atoms with van der Waals surface area (Å²) in [7, 11) is 0. The number of aromatic nitrogens is 1. The van der Waals surface area contributed by atoms with Gasteiger partial charge >= 0.3 is 0 Å². The molecular weight excluding hydrogens is 260 g/mol. The standard InChI is InChI=1S/C15H15ClN2O/c16-11-6-7-13(18-9-11)14(17)12-5-1-3-10-4-2-8-19-15(10)12/h1,3,5-7,9,14H,2,4,8,17H2. The number of rotatable bonds is 2. The third-order valence-corrected chi connectivity index (χ3v) is 3.59. The van der Waals surface area contributed by atoms with Crippen LogP contribution >= 0.6 is 11.6 Å². The van der Waals surface area contributed by atoms with Crippen LogP contribution in [0.25, 0.3) is 0 Å². The summed E-state index contributed by atoms with van der Waals surface area (Å²) in [6, 6.07) is 9.50. The highest BCUT2D eigenvalue weighted by Gasteiger charge is 2.20. The summed E-state index contributed by atoms with van der Waals surface area (Å²) in [5, 5.41) is 0.613. The van der Waals surface area contributed by atoms with Gasteiger partial charge in [-0.1, -0.05) is 29.8 Å². The summed E-state index contributed by atoms with van der Waals surface area (Å²) in [5.41, 5.74) is 9.33. The molecule has 0 radical (unpaired) electrons. The van der Waals surface area contributed by atoms with Crippen LogP contribution in [0.3, 0.4) is 0 Å². The second-order valence-corrected chi connectivity index (χ2v) is 5.10. The first-order valence-electron chi connectivity index (χ1n) is 6.37. The maximum absolute atomic E-state index is 6.30. The van der Waals surface area contributed by atoms with Gasteiger partial charge in [0.25, 0.3) is 0 Å². The summed E-state index contributed by atoms with van der Waals surface area (Å²) >= 11 is 5.85. The molecule has 0 fully saturated rings. The average Bonchev–Trinajstić information content (AvgIpc) is 2.47. The van der Waals surface area contributed by atoms with Gasteiger partial charge in [-0.3, -0.25) is 4.98 Å². The number of nitrogens with zero attached hydrogens (tertiary/aromatic N) is 1. The molecule has 0 aliphatic carbocycles. The minimum absolute atomic E-state index is 0.287. The van der Waals surface area contributed by atoms with Crippen molar-refractivity contribution in [3.05, 3.63) is 58.4 Å². The van der Waals surface area contributed by atoms with Crippen molar-refractivity contribution in [3.63, 3.8) is 0 Å². The maximum atomic E-state index is 6.30. The molecule has 2 aromatic rings. The highest BCUT2D eigenvalue weighted by atomic mass is 35.5. The number of halogens is 1. The lowest BCUT2D eigenvalue weighted by atomic mass is 9.96. The molecule has 0 amide bonds. The van der Waals surface area contributed by atoms with Gasteiger partial charge in [0.15, 0.2) is 0 Å². The molecule has 1 aliphatic heterocycles. The lowest BCUT2D eigenvalue weighted by Crippen LogP contribution is -2.18. The van der Waals surface area contributed by atoms with E-state index in [0.717, 1.165) is 36.5 Å². The van der Waals surface area contributed by atoms with Crippen molar-refractivity contribution in [1.82, 2.24) is 4.98 Å². The Labute approximate surface area is 117 Å². The number of pyridine rings is 1. The Morgan fingerprint density at radius 3 is 2.95 bits per heavy atom.